The van der Waals surface area contributed by atoms with Crippen LogP contribution in [0, 0.1) is 13.8 Å². The number of likely N-dealkylation sites (N-methyl/N-ethyl adjacent to an activating group) is 2. The van der Waals surface area contributed by atoms with E-state index in [9.17, 15) is 0 Å². The topological polar surface area (TPSA) is 24.5 Å². The Hall–Kier alpha value is -0.900. The summed E-state index contributed by atoms with van der Waals surface area (Å²) in [5.41, 5.74) is 4.10. The Morgan fingerprint density at radius 2 is 2.16 bits per heavy atom. The van der Waals surface area contributed by atoms with Crippen molar-refractivity contribution in [3.05, 3.63) is 34.9 Å². The van der Waals surface area contributed by atoms with Gasteiger partial charge < -0.3 is 10.1 Å². The summed E-state index contributed by atoms with van der Waals surface area (Å²) in [5, 5.41) is 3.26. The van der Waals surface area contributed by atoms with Crippen molar-refractivity contribution in [3.63, 3.8) is 0 Å². The predicted octanol–water partition coefficient (Wildman–Crippen LogP) is 2.28. The van der Waals surface area contributed by atoms with Crippen LogP contribution < -0.4 is 5.32 Å². The molecule has 1 aliphatic rings. The van der Waals surface area contributed by atoms with Gasteiger partial charge in [-0.15, -0.1) is 0 Å². The van der Waals surface area contributed by atoms with Gasteiger partial charge in [0.05, 0.1) is 18.8 Å². The number of hydrogen-bond donors (Lipinski definition) is 1. The molecule has 0 radical (unpaired) electrons. The Bertz CT molecular complexity index is 417. The van der Waals surface area contributed by atoms with E-state index in [-0.39, 0.29) is 6.10 Å². The van der Waals surface area contributed by atoms with Crippen LogP contribution in [0.15, 0.2) is 18.2 Å². The van der Waals surface area contributed by atoms with Crippen LogP contribution in [-0.4, -0.2) is 44.3 Å². The third-order valence-electron chi connectivity index (χ3n) is 4.02. The first-order chi connectivity index (χ1) is 9.17. The number of hydrogen-bond acceptors (Lipinski definition) is 3. The van der Waals surface area contributed by atoms with Crippen LogP contribution in [0.2, 0.25) is 0 Å². The molecule has 1 fully saturated rings. The van der Waals surface area contributed by atoms with Gasteiger partial charge in [-0.05, 0) is 38.6 Å². The van der Waals surface area contributed by atoms with Crippen molar-refractivity contribution in [2.24, 2.45) is 0 Å². The summed E-state index contributed by atoms with van der Waals surface area (Å²) in [7, 11) is 1.99. The maximum Gasteiger partial charge on any atom is 0.0896 e. The van der Waals surface area contributed by atoms with Crippen molar-refractivity contribution < 1.29 is 4.74 Å². The molecular weight excluding hydrogens is 236 g/mol. The summed E-state index contributed by atoms with van der Waals surface area (Å²) < 4.78 is 6.01. The molecule has 0 aromatic heterocycles. The van der Waals surface area contributed by atoms with Crippen LogP contribution >= 0.6 is 0 Å². The smallest absolute Gasteiger partial charge is 0.0896 e. The van der Waals surface area contributed by atoms with Crippen LogP contribution in [0.4, 0.5) is 0 Å². The SMILES string of the molecule is CCN1CCOC(CNC)C1c1cc(C)ccc1C. The lowest BCUT2D eigenvalue weighted by Crippen LogP contribution is -2.48. The van der Waals surface area contributed by atoms with Crippen LogP contribution in [0.5, 0.6) is 0 Å². The van der Waals surface area contributed by atoms with Crippen molar-refractivity contribution in [2.45, 2.75) is 32.9 Å². The lowest BCUT2D eigenvalue weighted by molar-refractivity contribution is -0.0688. The summed E-state index contributed by atoms with van der Waals surface area (Å²) in [4.78, 5) is 2.54. The van der Waals surface area contributed by atoms with Gasteiger partial charge in [0, 0.05) is 13.1 Å². The van der Waals surface area contributed by atoms with E-state index in [1.165, 1.54) is 16.7 Å². The summed E-state index contributed by atoms with van der Waals surface area (Å²) in [6.45, 7) is 10.4. The largest absolute Gasteiger partial charge is 0.374 e. The molecule has 1 aliphatic heterocycles. The van der Waals surface area contributed by atoms with E-state index in [1.807, 2.05) is 7.05 Å². The highest BCUT2D eigenvalue weighted by molar-refractivity contribution is 5.34. The number of ether oxygens (including phenoxy) is 1. The van der Waals surface area contributed by atoms with Gasteiger partial charge in [0.1, 0.15) is 0 Å². The van der Waals surface area contributed by atoms with Crippen molar-refractivity contribution in [1.29, 1.82) is 0 Å². The normalized spacial score (nSPS) is 24.6. The van der Waals surface area contributed by atoms with E-state index in [4.69, 9.17) is 4.74 Å². The first-order valence-corrected chi connectivity index (χ1v) is 7.24. The van der Waals surface area contributed by atoms with Crippen molar-refractivity contribution in [2.75, 3.05) is 33.3 Å². The summed E-state index contributed by atoms with van der Waals surface area (Å²) in [5.74, 6) is 0. The molecule has 0 spiro atoms. The van der Waals surface area contributed by atoms with E-state index in [1.54, 1.807) is 0 Å². The van der Waals surface area contributed by atoms with E-state index in [0.717, 1.165) is 26.2 Å². The molecule has 1 heterocycles. The fourth-order valence-electron chi connectivity index (χ4n) is 2.99. The highest BCUT2D eigenvalue weighted by atomic mass is 16.5. The average molecular weight is 262 g/mol. The highest BCUT2D eigenvalue weighted by Gasteiger charge is 2.33. The average Bonchev–Trinajstić information content (AvgIpc) is 2.42. The summed E-state index contributed by atoms with van der Waals surface area (Å²) >= 11 is 0. The number of morpholine rings is 1. The van der Waals surface area contributed by atoms with Gasteiger partial charge in [0.15, 0.2) is 0 Å². The van der Waals surface area contributed by atoms with E-state index in [0.29, 0.717) is 6.04 Å². The number of nitrogens with one attached hydrogen (secondary N) is 1. The van der Waals surface area contributed by atoms with Gasteiger partial charge in [0.25, 0.3) is 0 Å². The molecule has 1 N–H and O–H groups in total. The van der Waals surface area contributed by atoms with E-state index < -0.39 is 0 Å². The first-order valence-electron chi connectivity index (χ1n) is 7.24. The summed E-state index contributed by atoms with van der Waals surface area (Å²) in [6, 6.07) is 7.10. The molecular formula is C16H26N2O. The van der Waals surface area contributed by atoms with Crippen LogP contribution in [0.1, 0.15) is 29.7 Å². The Kier molecular flexibility index (Phi) is 4.97. The zero-order valence-corrected chi connectivity index (χ0v) is 12.6. The van der Waals surface area contributed by atoms with E-state index in [2.05, 4.69) is 49.2 Å². The molecule has 3 nitrogen and oxygen atoms in total. The zero-order chi connectivity index (χ0) is 13.8. The van der Waals surface area contributed by atoms with E-state index >= 15 is 0 Å². The van der Waals surface area contributed by atoms with Gasteiger partial charge in [-0.1, -0.05) is 30.7 Å². The lowest BCUT2D eigenvalue weighted by atomic mass is 9.92. The van der Waals surface area contributed by atoms with Gasteiger partial charge in [0.2, 0.25) is 0 Å². The minimum Gasteiger partial charge on any atom is -0.374 e. The fourth-order valence-corrected chi connectivity index (χ4v) is 2.99. The zero-order valence-electron chi connectivity index (χ0n) is 12.6. The molecule has 0 saturated carbocycles. The Morgan fingerprint density at radius 1 is 1.37 bits per heavy atom. The predicted molar refractivity (Wildman–Crippen MR) is 79.6 cm³/mol. The molecule has 0 aliphatic carbocycles. The molecule has 1 aromatic carbocycles. The van der Waals surface area contributed by atoms with Crippen molar-refractivity contribution in [1.82, 2.24) is 10.2 Å². The molecule has 106 valence electrons. The molecule has 1 aromatic rings. The molecule has 0 bridgehead atoms. The van der Waals surface area contributed by atoms with Gasteiger partial charge in [-0.3, -0.25) is 4.90 Å². The highest BCUT2D eigenvalue weighted by Crippen LogP contribution is 2.31. The number of rotatable bonds is 4. The molecule has 2 unspecified atom stereocenters. The number of aryl methyl sites for hydroxylation is 2. The molecule has 2 atom stereocenters. The molecule has 1 saturated heterocycles. The number of nitrogens with zero attached hydrogens (tertiary/aromatic N) is 1. The maximum absolute atomic E-state index is 6.01. The Morgan fingerprint density at radius 3 is 2.84 bits per heavy atom. The van der Waals surface area contributed by atoms with Gasteiger partial charge in [-0.25, -0.2) is 0 Å². The minimum atomic E-state index is 0.235. The quantitative estimate of drug-likeness (QED) is 0.901. The lowest BCUT2D eigenvalue weighted by Gasteiger charge is -2.41. The Labute approximate surface area is 116 Å². The standard InChI is InChI=1S/C16H26N2O/c1-5-18-8-9-19-15(11-17-4)16(18)14-10-12(2)6-7-13(14)3/h6-7,10,15-17H,5,8-9,11H2,1-4H3. The minimum absolute atomic E-state index is 0.235. The maximum atomic E-state index is 6.01. The molecule has 0 amide bonds. The third kappa shape index (κ3) is 3.16. The van der Waals surface area contributed by atoms with Gasteiger partial charge in [-0.2, -0.15) is 0 Å². The third-order valence-corrected chi connectivity index (χ3v) is 4.02. The first kappa shape index (κ1) is 14.5. The molecule has 3 heteroatoms. The number of benzene rings is 1. The molecule has 19 heavy (non-hydrogen) atoms. The van der Waals surface area contributed by atoms with Crippen molar-refractivity contribution in [3.8, 4) is 0 Å². The molecule has 2 rings (SSSR count). The summed E-state index contributed by atoms with van der Waals surface area (Å²) in [6.07, 6.45) is 0.235. The van der Waals surface area contributed by atoms with Gasteiger partial charge >= 0.3 is 0 Å². The Balaban J connectivity index is 2.36. The monoisotopic (exact) mass is 262 g/mol. The fraction of sp³-hybridized carbons (Fsp3) is 0.625. The van der Waals surface area contributed by atoms with Crippen LogP contribution in [0.25, 0.3) is 0 Å². The van der Waals surface area contributed by atoms with Crippen molar-refractivity contribution >= 4 is 0 Å². The second-order valence-corrected chi connectivity index (χ2v) is 5.40. The van der Waals surface area contributed by atoms with Crippen LogP contribution in [0.3, 0.4) is 0 Å². The van der Waals surface area contributed by atoms with Crippen LogP contribution in [-0.2, 0) is 4.74 Å². The second kappa shape index (κ2) is 6.51. The second-order valence-electron chi connectivity index (χ2n) is 5.40.